The molecule has 1 aliphatic rings. The van der Waals surface area contributed by atoms with Crippen LogP contribution in [0.2, 0.25) is 0 Å². The molecule has 0 heterocycles. The molecule has 0 bridgehead atoms. The van der Waals surface area contributed by atoms with Gasteiger partial charge in [0.2, 0.25) is 0 Å². The summed E-state index contributed by atoms with van der Waals surface area (Å²) in [5, 5.41) is 3.62. The maximum atomic E-state index is 3.62. The van der Waals surface area contributed by atoms with Crippen molar-refractivity contribution in [2.45, 2.75) is 38.6 Å². The Labute approximate surface area is 92.9 Å². The Hall–Kier alpha value is -0.820. The van der Waals surface area contributed by atoms with Gasteiger partial charge in [-0.15, -0.1) is 0 Å². The van der Waals surface area contributed by atoms with Crippen molar-refractivity contribution in [3.63, 3.8) is 0 Å². The summed E-state index contributed by atoms with van der Waals surface area (Å²) < 4.78 is 0. The molecule has 0 radical (unpaired) electrons. The van der Waals surface area contributed by atoms with Gasteiger partial charge in [0.15, 0.2) is 0 Å². The monoisotopic (exact) mass is 203 g/mol. The van der Waals surface area contributed by atoms with Crippen molar-refractivity contribution >= 4 is 0 Å². The van der Waals surface area contributed by atoms with Crippen LogP contribution < -0.4 is 5.32 Å². The van der Waals surface area contributed by atoms with E-state index in [1.807, 2.05) is 0 Å². The second-order valence-corrected chi connectivity index (χ2v) is 4.67. The van der Waals surface area contributed by atoms with E-state index in [2.05, 4.69) is 49.5 Å². The Balaban J connectivity index is 1.89. The van der Waals surface area contributed by atoms with Crippen molar-refractivity contribution in [1.29, 1.82) is 0 Å². The van der Waals surface area contributed by atoms with Crippen molar-refractivity contribution in [3.05, 3.63) is 35.9 Å². The maximum absolute atomic E-state index is 3.62. The first-order valence-corrected chi connectivity index (χ1v) is 6.11. The molecule has 1 fully saturated rings. The third kappa shape index (κ3) is 2.23. The van der Waals surface area contributed by atoms with Gasteiger partial charge in [-0.05, 0) is 36.8 Å². The molecule has 82 valence electrons. The van der Waals surface area contributed by atoms with Gasteiger partial charge in [-0.25, -0.2) is 0 Å². The fraction of sp³-hybridized carbons (Fsp3) is 0.571. The molecule has 0 aromatic heterocycles. The number of benzene rings is 1. The summed E-state index contributed by atoms with van der Waals surface area (Å²) in [6.45, 7) is 5.76. The molecule has 0 saturated heterocycles. The fourth-order valence-electron chi connectivity index (χ4n) is 2.53. The maximum Gasteiger partial charge on any atom is 0.0104 e. The highest BCUT2D eigenvalue weighted by molar-refractivity contribution is 5.24. The van der Waals surface area contributed by atoms with Crippen LogP contribution in [-0.4, -0.2) is 12.6 Å². The molecule has 15 heavy (non-hydrogen) atoms. The zero-order valence-electron chi connectivity index (χ0n) is 9.74. The predicted molar refractivity (Wildman–Crippen MR) is 65.0 cm³/mol. The standard InChI is InChI=1S/C14H21N/c1-3-9-15-14-10-13(11(14)2)12-7-5-4-6-8-12/h4-8,11,13-15H,3,9-10H2,1-2H3. The Kier molecular flexibility index (Phi) is 3.42. The third-order valence-corrected chi connectivity index (χ3v) is 3.66. The minimum Gasteiger partial charge on any atom is -0.314 e. The van der Waals surface area contributed by atoms with E-state index in [0.717, 1.165) is 24.4 Å². The second kappa shape index (κ2) is 4.80. The van der Waals surface area contributed by atoms with Crippen LogP contribution in [0.4, 0.5) is 0 Å². The second-order valence-electron chi connectivity index (χ2n) is 4.67. The lowest BCUT2D eigenvalue weighted by molar-refractivity contribution is 0.185. The molecule has 1 aromatic rings. The molecular formula is C14H21N. The third-order valence-electron chi connectivity index (χ3n) is 3.66. The van der Waals surface area contributed by atoms with Crippen LogP contribution in [0.3, 0.4) is 0 Å². The number of rotatable bonds is 4. The van der Waals surface area contributed by atoms with Crippen LogP contribution in [0.25, 0.3) is 0 Å². The first-order valence-electron chi connectivity index (χ1n) is 6.11. The minimum atomic E-state index is 0.746. The Morgan fingerprint density at radius 2 is 2.00 bits per heavy atom. The zero-order chi connectivity index (χ0) is 10.7. The first-order chi connectivity index (χ1) is 7.33. The average Bonchev–Trinajstić information content (AvgIpc) is 2.29. The van der Waals surface area contributed by atoms with Crippen molar-refractivity contribution in [2.75, 3.05) is 6.54 Å². The molecule has 0 spiro atoms. The lowest BCUT2D eigenvalue weighted by atomic mass is 9.67. The van der Waals surface area contributed by atoms with E-state index < -0.39 is 0 Å². The van der Waals surface area contributed by atoms with Crippen LogP contribution in [0, 0.1) is 5.92 Å². The Morgan fingerprint density at radius 1 is 1.27 bits per heavy atom. The van der Waals surface area contributed by atoms with Crippen molar-refractivity contribution in [2.24, 2.45) is 5.92 Å². The highest BCUT2D eigenvalue weighted by atomic mass is 14.9. The number of hydrogen-bond acceptors (Lipinski definition) is 1. The van der Waals surface area contributed by atoms with Crippen LogP contribution in [0.5, 0.6) is 0 Å². The highest BCUT2D eigenvalue weighted by Gasteiger charge is 2.37. The summed E-state index contributed by atoms with van der Waals surface area (Å²) in [6, 6.07) is 11.7. The Morgan fingerprint density at radius 3 is 2.60 bits per heavy atom. The normalized spacial score (nSPS) is 29.9. The highest BCUT2D eigenvalue weighted by Crippen LogP contribution is 2.42. The smallest absolute Gasteiger partial charge is 0.0104 e. The van der Waals surface area contributed by atoms with Crippen molar-refractivity contribution in [1.82, 2.24) is 5.32 Å². The largest absolute Gasteiger partial charge is 0.314 e. The van der Waals surface area contributed by atoms with E-state index in [1.165, 1.54) is 18.4 Å². The van der Waals surface area contributed by atoms with Gasteiger partial charge in [0.25, 0.3) is 0 Å². The van der Waals surface area contributed by atoms with Crippen molar-refractivity contribution < 1.29 is 0 Å². The topological polar surface area (TPSA) is 12.0 Å². The van der Waals surface area contributed by atoms with Crippen LogP contribution >= 0.6 is 0 Å². The van der Waals surface area contributed by atoms with Gasteiger partial charge in [-0.3, -0.25) is 0 Å². The van der Waals surface area contributed by atoms with E-state index >= 15 is 0 Å². The van der Waals surface area contributed by atoms with Gasteiger partial charge < -0.3 is 5.32 Å². The summed E-state index contributed by atoms with van der Waals surface area (Å²) in [5.74, 6) is 1.57. The predicted octanol–water partition coefficient (Wildman–Crippen LogP) is 3.18. The van der Waals surface area contributed by atoms with Crippen LogP contribution in [0.15, 0.2) is 30.3 Å². The molecule has 0 aliphatic heterocycles. The lowest BCUT2D eigenvalue weighted by Gasteiger charge is -2.43. The molecule has 1 aromatic carbocycles. The van der Waals surface area contributed by atoms with E-state index in [4.69, 9.17) is 0 Å². The van der Waals surface area contributed by atoms with E-state index in [1.54, 1.807) is 0 Å². The lowest BCUT2D eigenvalue weighted by Crippen LogP contribution is -2.48. The summed E-state index contributed by atoms with van der Waals surface area (Å²) in [7, 11) is 0. The summed E-state index contributed by atoms with van der Waals surface area (Å²) in [5.41, 5.74) is 1.51. The number of hydrogen-bond donors (Lipinski definition) is 1. The average molecular weight is 203 g/mol. The molecule has 3 unspecified atom stereocenters. The summed E-state index contributed by atoms with van der Waals surface area (Å²) in [6.07, 6.45) is 2.55. The zero-order valence-corrected chi connectivity index (χ0v) is 9.74. The summed E-state index contributed by atoms with van der Waals surface area (Å²) >= 11 is 0. The molecule has 1 aliphatic carbocycles. The van der Waals surface area contributed by atoms with Gasteiger partial charge in [0.05, 0.1) is 0 Å². The van der Waals surface area contributed by atoms with Gasteiger partial charge >= 0.3 is 0 Å². The number of nitrogens with one attached hydrogen (secondary N) is 1. The molecule has 1 nitrogen and oxygen atoms in total. The molecule has 2 rings (SSSR count). The first kappa shape index (κ1) is 10.7. The molecular weight excluding hydrogens is 182 g/mol. The van der Waals surface area contributed by atoms with Crippen LogP contribution in [0.1, 0.15) is 38.2 Å². The minimum absolute atomic E-state index is 0.746. The van der Waals surface area contributed by atoms with Gasteiger partial charge in [-0.1, -0.05) is 44.2 Å². The summed E-state index contributed by atoms with van der Waals surface area (Å²) in [4.78, 5) is 0. The molecule has 1 heteroatoms. The van der Waals surface area contributed by atoms with Crippen molar-refractivity contribution in [3.8, 4) is 0 Å². The van der Waals surface area contributed by atoms with E-state index in [0.29, 0.717) is 0 Å². The van der Waals surface area contributed by atoms with Gasteiger partial charge in [0, 0.05) is 6.04 Å². The molecule has 3 atom stereocenters. The van der Waals surface area contributed by atoms with Gasteiger partial charge in [0.1, 0.15) is 0 Å². The molecule has 1 saturated carbocycles. The Bertz CT molecular complexity index is 293. The quantitative estimate of drug-likeness (QED) is 0.792. The SMILES string of the molecule is CCCNC1CC(c2ccccc2)C1C. The molecule has 0 amide bonds. The van der Waals surface area contributed by atoms with E-state index in [-0.39, 0.29) is 0 Å². The van der Waals surface area contributed by atoms with E-state index in [9.17, 15) is 0 Å². The molecule has 1 N–H and O–H groups in total. The van der Waals surface area contributed by atoms with Gasteiger partial charge in [-0.2, -0.15) is 0 Å². The van der Waals surface area contributed by atoms with Crippen LogP contribution in [-0.2, 0) is 0 Å². The fourth-order valence-corrected chi connectivity index (χ4v) is 2.53.